The van der Waals surface area contributed by atoms with Crippen molar-refractivity contribution < 1.29 is 19.4 Å². The molecule has 26 heavy (non-hydrogen) atoms. The van der Waals surface area contributed by atoms with Crippen LogP contribution in [-0.4, -0.2) is 41.1 Å². The van der Waals surface area contributed by atoms with Crippen molar-refractivity contribution in [2.75, 3.05) is 13.1 Å². The van der Waals surface area contributed by atoms with Crippen molar-refractivity contribution in [3.05, 3.63) is 29.8 Å². The van der Waals surface area contributed by atoms with E-state index in [2.05, 4.69) is 6.07 Å². The van der Waals surface area contributed by atoms with Crippen LogP contribution in [0, 0.1) is 5.92 Å². The summed E-state index contributed by atoms with van der Waals surface area (Å²) in [5.41, 5.74) is 1.13. The molecular weight excluding hydrogens is 330 g/mol. The lowest BCUT2D eigenvalue weighted by Crippen LogP contribution is -2.39. The van der Waals surface area contributed by atoms with Crippen LogP contribution in [0.1, 0.15) is 56.9 Å². The van der Waals surface area contributed by atoms with Crippen molar-refractivity contribution >= 4 is 11.9 Å². The second kappa shape index (κ2) is 9.06. The minimum absolute atomic E-state index is 0.167. The number of carbonyl (C=O) groups is 2. The van der Waals surface area contributed by atoms with Gasteiger partial charge in [0.25, 0.3) is 0 Å². The molecule has 0 radical (unpaired) electrons. The highest BCUT2D eigenvalue weighted by Gasteiger charge is 2.24. The molecule has 3 rings (SSSR count). The fourth-order valence-electron chi connectivity index (χ4n) is 4.02. The third-order valence-corrected chi connectivity index (χ3v) is 5.56. The molecule has 2 fully saturated rings. The molecule has 1 amide bonds. The molecule has 1 aromatic rings. The van der Waals surface area contributed by atoms with Gasteiger partial charge in [-0.2, -0.15) is 0 Å². The fourth-order valence-corrected chi connectivity index (χ4v) is 4.02. The Labute approximate surface area is 155 Å². The van der Waals surface area contributed by atoms with Crippen LogP contribution >= 0.6 is 0 Å². The van der Waals surface area contributed by atoms with Crippen molar-refractivity contribution in [2.24, 2.45) is 5.92 Å². The minimum Gasteiger partial charge on any atom is -0.490 e. The predicted octanol–water partition coefficient (Wildman–Crippen LogP) is 3.65. The number of likely N-dealkylation sites (tertiary alicyclic amines) is 1. The SMILES string of the molecule is O=C(O)CC1CCN(C(=O)CCc2cccc(OC3CCCC3)c2)CC1. The zero-order valence-electron chi connectivity index (χ0n) is 15.4. The van der Waals surface area contributed by atoms with Crippen LogP contribution < -0.4 is 4.74 Å². The number of rotatable bonds is 7. The Morgan fingerprint density at radius 3 is 2.54 bits per heavy atom. The molecule has 1 saturated carbocycles. The predicted molar refractivity (Wildman–Crippen MR) is 99.2 cm³/mol. The Morgan fingerprint density at radius 2 is 1.85 bits per heavy atom. The molecule has 142 valence electrons. The Morgan fingerprint density at radius 1 is 1.12 bits per heavy atom. The molecule has 1 aromatic carbocycles. The number of carboxylic acid groups (broad SMARTS) is 1. The van der Waals surface area contributed by atoms with Gasteiger partial charge in [-0.1, -0.05) is 12.1 Å². The molecule has 0 bridgehead atoms. The van der Waals surface area contributed by atoms with Gasteiger partial charge in [0.1, 0.15) is 5.75 Å². The van der Waals surface area contributed by atoms with E-state index in [1.165, 1.54) is 12.8 Å². The average molecular weight is 359 g/mol. The van der Waals surface area contributed by atoms with Crippen LogP contribution in [0.5, 0.6) is 5.75 Å². The first-order valence-corrected chi connectivity index (χ1v) is 9.85. The van der Waals surface area contributed by atoms with E-state index in [1.54, 1.807) is 0 Å². The van der Waals surface area contributed by atoms with Crippen molar-refractivity contribution in [3.8, 4) is 5.75 Å². The summed E-state index contributed by atoms with van der Waals surface area (Å²) in [6.45, 7) is 1.36. The Balaban J connectivity index is 1.43. The Bertz CT molecular complexity index is 616. The zero-order valence-corrected chi connectivity index (χ0v) is 15.4. The normalized spacial score (nSPS) is 18.8. The summed E-state index contributed by atoms with van der Waals surface area (Å²) in [5, 5.41) is 8.87. The number of benzene rings is 1. The van der Waals surface area contributed by atoms with E-state index in [0.29, 0.717) is 25.6 Å². The molecule has 0 spiro atoms. The number of carboxylic acids is 1. The van der Waals surface area contributed by atoms with Crippen molar-refractivity contribution in [2.45, 2.75) is 63.9 Å². The highest BCUT2D eigenvalue weighted by molar-refractivity contribution is 5.76. The molecule has 0 unspecified atom stereocenters. The van der Waals surface area contributed by atoms with E-state index in [9.17, 15) is 9.59 Å². The van der Waals surface area contributed by atoms with Gasteiger partial charge in [-0.3, -0.25) is 9.59 Å². The quantitative estimate of drug-likeness (QED) is 0.807. The molecule has 0 aromatic heterocycles. The maximum absolute atomic E-state index is 12.4. The number of piperidine rings is 1. The molecule has 0 atom stereocenters. The highest BCUT2D eigenvalue weighted by atomic mass is 16.5. The van der Waals surface area contributed by atoms with E-state index < -0.39 is 5.97 Å². The molecule has 1 aliphatic carbocycles. The van der Waals surface area contributed by atoms with Gasteiger partial charge in [-0.25, -0.2) is 0 Å². The smallest absolute Gasteiger partial charge is 0.303 e. The summed E-state index contributed by atoms with van der Waals surface area (Å²) in [7, 11) is 0. The zero-order chi connectivity index (χ0) is 18.4. The molecule has 1 aliphatic heterocycles. The largest absolute Gasteiger partial charge is 0.490 e. The molecule has 2 aliphatic rings. The summed E-state index contributed by atoms with van der Waals surface area (Å²) in [6, 6.07) is 8.11. The van der Waals surface area contributed by atoms with E-state index in [0.717, 1.165) is 43.4 Å². The summed E-state index contributed by atoms with van der Waals surface area (Å²) >= 11 is 0. The van der Waals surface area contributed by atoms with Gasteiger partial charge in [0.2, 0.25) is 5.91 Å². The van der Waals surface area contributed by atoms with Gasteiger partial charge in [0.05, 0.1) is 6.10 Å². The second-order valence-electron chi connectivity index (χ2n) is 7.59. The maximum atomic E-state index is 12.4. The van der Waals surface area contributed by atoms with E-state index >= 15 is 0 Å². The lowest BCUT2D eigenvalue weighted by atomic mass is 9.93. The van der Waals surface area contributed by atoms with Gasteiger partial charge in [0, 0.05) is 25.9 Å². The van der Waals surface area contributed by atoms with Crippen LogP contribution in [0.25, 0.3) is 0 Å². The van der Waals surface area contributed by atoms with Gasteiger partial charge in [-0.05, 0) is 68.6 Å². The summed E-state index contributed by atoms with van der Waals surface area (Å²) in [5.74, 6) is 0.549. The van der Waals surface area contributed by atoms with E-state index in [4.69, 9.17) is 9.84 Å². The molecule has 5 heteroatoms. The monoisotopic (exact) mass is 359 g/mol. The summed E-state index contributed by atoms with van der Waals surface area (Å²) < 4.78 is 6.04. The number of nitrogens with zero attached hydrogens (tertiary/aromatic N) is 1. The Kier molecular flexibility index (Phi) is 6.53. The van der Waals surface area contributed by atoms with Crippen molar-refractivity contribution in [3.63, 3.8) is 0 Å². The van der Waals surface area contributed by atoms with E-state index in [-0.39, 0.29) is 18.2 Å². The van der Waals surface area contributed by atoms with Crippen LogP contribution in [0.2, 0.25) is 0 Å². The standard InChI is InChI=1S/C21H29NO4/c23-20(22-12-10-17(11-13-22)15-21(24)25)9-8-16-4-3-7-19(14-16)26-18-5-1-2-6-18/h3-4,7,14,17-18H,1-2,5-6,8-13,15H2,(H,24,25). The van der Waals surface area contributed by atoms with E-state index in [1.807, 2.05) is 23.1 Å². The first-order chi connectivity index (χ1) is 12.6. The third kappa shape index (κ3) is 5.48. The molecule has 5 nitrogen and oxygen atoms in total. The number of hydrogen-bond acceptors (Lipinski definition) is 3. The lowest BCUT2D eigenvalue weighted by molar-refractivity contribution is -0.138. The number of amides is 1. The van der Waals surface area contributed by atoms with Crippen molar-refractivity contribution in [1.82, 2.24) is 4.90 Å². The third-order valence-electron chi connectivity index (χ3n) is 5.56. The van der Waals surface area contributed by atoms with Gasteiger partial charge >= 0.3 is 5.97 Å². The van der Waals surface area contributed by atoms with Gasteiger partial charge in [0.15, 0.2) is 0 Å². The van der Waals surface area contributed by atoms with Gasteiger partial charge in [-0.15, -0.1) is 0 Å². The van der Waals surface area contributed by atoms with Gasteiger partial charge < -0.3 is 14.7 Å². The highest BCUT2D eigenvalue weighted by Crippen LogP contribution is 2.25. The molecule has 1 saturated heterocycles. The first kappa shape index (κ1) is 18.7. The van der Waals surface area contributed by atoms with Crippen LogP contribution in [-0.2, 0) is 16.0 Å². The molecule has 1 heterocycles. The second-order valence-corrected chi connectivity index (χ2v) is 7.59. The summed E-state index contributed by atoms with van der Waals surface area (Å²) in [6.07, 6.45) is 8.15. The Hall–Kier alpha value is -2.04. The molecule has 1 N–H and O–H groups in total. The lowest BCUT2D eigenvalue weighted by Gasteiger charge is -2.31. The maximum Gasteiger partial charge on any atom is 0.303 e. The number of hydrogen-bond donors (Lipinski definition) is 1. The summed E-state index contributed by atoms with van der Waals surface area (Å²) in [4.78, 5) is 25.1. The van der Waals surface area contributed by atoms with Crippen LogP contribution in [0.15, 0.2) is 24.3 Å². The fraction of sp³-hybridized carbons (Fsp3) is 0.619. The van der Waals surface area contributed by atoms with Crippen LogP contribution in [0.3, 0.4) is 0 Å². The van der Waals surface area contributed by atoms with Crippen molar-refractivity contribution in [1.29, 1.82) is 0 Å². The first-order valence-electron chi connectivity index (χ1n) is 9.85. The average Bonchev–Trinajstić information content (AvgIpc) is 3.13. The number of aryl methyl sites for hydroxylation is 1. The number of carbonyl (C=O) groups excluding carboxylic acids is 1. The minimum atomic E-state index is -0.741. The molecular formula is C21H29NO4. The number of aliphatic carboxylic acids is 1. The number of ether oxygens (including phenoxy) is 1. The van der Waals surface area contributed by atoms with Crippen LogP contribution in [0.4, 0.5) is 0 Å². The topological polar surface area (TPSA) is 66.8 Å².